The highest BCUT2D eigenvalue weighted by Gasteiger charge is 2.05. The van der Waals surface area contributed by atoms with E-state index in [4.69, 9.17) is 5.73 Å². The molecule has 0 aliphatic carbocycles. The summed E-state index contributed by atoms with van der Waals surface area (Å²) in [5, 5.41) is 3.17. The van der Waals surface area contributed by atoms with Crippen molar-refractivity contribution in [3.8, 4) is 0 Å². The highest BCUT2D eigenvalue weighted by Crippen LogP contribution is 2.11. The van der Waals surface area contributed by atoms with E-state index in [1.165, 1.54) is 0 Å². The Morgan fingerprint density at radius 1 is 1.41 bits per heavy atom. The summed E-state index contributed by atoms with van der Waals surface area (Å²) in [6.45, 7) is 5.82. The number of likely N-dealkylation sites (N-methyl/N-ethyl adjacent to an activating group) is 2. The molecule has 1 rings (SSSR count). The van der Waals surface area contributed by atoms with E-state index < -0.39 is 0 Å². The van der Waals surface area contributed by atoms with Crippen molar-refractivity contribution < 1.29 is 0 Å². The van der Waals surface area contributed by atoms with Crippen molar-refractivity contribution >= 4 is 5.82 Å². The topological polar surface area (TPSA) is 54.2 Å². The largest absolute Gasteiger partial charge is 0.356 e. The van der Waals surface area contributed by atoms with Gasteiger partial charge in [-0.1, -0.05) is 6.07 Å². The lowest BCUT2D eigenvalue weighted by Crippen LogP contribution is -2.31. The van der Waals surface area contributed by atoms with E-state index in [0.717, 1.165) is 50.5 Å². The fraction of sp³-hybridized carbons (Fsp3) is 0.615. The molecule has 0 spiro atoms. The van der Waals surface area contributed by atoms with E-state index in [9.17, 15) is 0 Å². The van der Waals surface area contributed by atoms with Gasteiger partial charge in [-0.25, -0.2) is 4.98 Å². The number of nitrogens with one attached hydrogen (secondary N) is 1. The van der Waals surface area contributed by atoms with Crippen molar-refractivity contribution in [3.05, 3.63) is 23.9 Å². The van der Waals surface area contributed by atoms with Gasteiger partial charge in [0.2, 0.25) is 0 Å². The molecule has 0 atom stereocenters. The van der Waals surface area contributed by atoms with E-state index in [0.29, 0.717) is 0 Å². The number of hydrogen-bond donors (Lipinski definition) is 2. The fourth-order valence-corrected chi connectivity index (χ4v) is 1.75. The van der Waals surface area contributed by atoms with Crippen molar-refractivity contribution in [2.24, 2.45) is 5.73 Å². The maximum atomic E-state index is 5.52. The summed E-state index contributed by atoms with van der Waals surface area (Å²) >= 11 is 0. The third-order valence-electron chi connectivity index (χ3n) is 2.77. The first-order valence-electron chi connectivity index (χ1n) is 6.37. The standard InChI is InChI=1S/C13H24N4/c1-3-17(11-10-15-2)13-8-4-6-12(16-13)7-5-9-14/h4,6,8,15H,3,5,7,9-11,14H2,1-2H3. The number of aromatic nitrogens is 1. The van der Waals surface area contributed by atoms with Crippen molar-refractivity contribution in [2.45, 2.75) is 19.8 Å². The van der Waals surface area contributed by atoms with Crippen molar-refractivity contribution in [1.82, 2.24) is 10.3 Å². The van der Waals surface area contributed by atoms with Crippen LogP contribution in [0.3, 0.4) is 0 Å². The second kappa shape index (κ2) is 8.03. The van der Waals surface area contributed by atoms with Crippen LogP contribution in [0.1, 0.15) is 19.0 Å². The van der Waals surface area contributed by atoms with Crippen LogP contribution in [0.25, 0.3) is 0 Å². The first-order chi connectivity index (χ1) is 8.31. The zero-order chi connectivity index (χ0) is 12.5. The molecule has 96 valence electrons. The fourth-order valence-electron chi connectivity index (χ4n) is 1.75. The Hall–Kier alpha value is -1.13. The molecular weight excluding hydrogens is 212 g/mol. The number of nitrogens with zero attached hydrogens (tertiary/aromatic N) is 2. The lowest BCUT2D eigenvalue weighted by molar-refractivity contribution is 0.724. The Balaban J connectivity index is 2.66. The van der Waals surface area contributed by atoms with E-state index in [2.05, 4.69) is 40.3 Å². The van der Waals surface area contributed by atoms with Gasteiger partial charge in [0.15, 0.2) is 0 Å². The first-order valence-corrected chi connectivity index (χ1v) is 6.37. The molecule has 0 unspecified atom stereocenters. The van der Waals surface area contributed by atoms with Gasteiger partial charge in [-0.2, -0.15) is 0 Å². The van der Waals surface area contributed by atoms with Crippen LogP contribution in [0.4, 0.5) is 5.82 Å². The molecule has 1 heterocycles. The molecule has 4 heteroatoms. The van der Waals surface area contributed by atoms with Gasteiger partial charge >= 0.3 is 0 Å². The third kappa shape index (κ3) is 4.71. The predicted octanol–water partition coefficient (Wildman–Crippen LogP) is 1.02. The Bertz CT molecular complexity index is 314. The molecule has 1 aromatic heterocycles. The molecule has 0 aliphatic rings. The molecule has 0 aromatic carbocycles. The Labute approximate surface area is 104 Å². The zero-order valence-corrected chi connectivity index (χ0v) is 10.9. The third-order valence-corrected chi connectivity index (χ3v) is 2.77. The molecule has 0 saturated carbocycles. The van der Waals surface area contributed by atoms with Crippen LogP contribution in [0, 0.1) is 0 Å². The summed E-state index contributed by atoms with van der Waals surface area (Å²) in [6.07, 6.45) is 1.97. The van der Waals surface area contributed by atoms with Crippen LogP contribution >= 0.6 is 0 Å². The minimum absolute atomic E-state index is 0.725. The van der Waals surface area contributed by atoms with Crippen LogP contribution in [0.5, 0.6) is 0 Å². The first kappa shape index (κ1) is 13.9. The van der Waals surface area contributed by atoms with Gasteiger partial charge in [0.1, 0.15) is 5.82 Å². The molecule has 0 radical (unpaired) electrons. The van der Waals surface area contributed by atoms with Crippen LogP contribution in [0.15, 0.2) is 18.2 Å². The molecule has 4 nitrogen and oxygen atoms in total. The van der Waals surface area contributed by atoms with E-state index in [1.54, 1.807) is 0 Å². The van der Waals surface area contributed by atoms with E-state index in [1.807, 2.05) is 7.05 Å². The minimum atomic E-state index is 0.725. The average Bonchev–Trinajstić information content (AvgIpc) is 2.38. The van der Waals surface area contributed by atoms with Crippen LogP contribution in [-0.4, -0.2) is 38.2 Å². The summed E-state index contributed by atoms with van der Waals surface area (Å²) in [7, 11) is 1.97. The number of rotatable bonds is 8. The highest BCUT2D eigenvalue weighted by molar-refractivity contribution is 5.39. The Kier molecular flexibility index (Phi) is 6.58. The zero-order valence-electron chi connectivity index (χ0n) is 10.9. The lowest BCUT2D eigenvalue weighted by Gasteiger charge is -2.22. The van der Waals surface area contributed by atoms with Gasteiger partial charge in [0, 0.05) is 25.3 Å². The highest BCUT2D eigenvalue weighted by atomic mass is 15.2. The quantitative estimate of drug-likeness (QED) is 0.707. The molecule has 1 aromatic rings. The van der Waals surface area contributed by atoms with E-state index in [-0.39, 0.29) is 0 Å². The monoisotopic (exact) mass is 236 g/mol. The molecule has 0 aliphatic heterocycles. The van der Waals surface area contributed by atoms with Crippen molar-refractivity contribution in [3.63, 3.8) is 0 Å². The summed E-state index contributed by atoms with van der Waals surface area (Å²) in [5.41, 5.74) is 6.65. The molecule has 0 saturated heterocycles. The molecular formula is C13H24N4. The molecule has 3 N–H and O–H groups in total. The SMILES string of the molecule is CCN(CCNC)c1cccc(CCCN)n1. The van der Waals surface area contributed by atoms with Gasteiger partial charge in [0.25, 0.3) is 0 Å². The van der Waals surface area contributed by atoms with Gasteiger partial charge in [-0.05, 0) is 45.5 Å². The Morgan fingerprint density at radius 2 is 2.24 bits per heavy atom. The van der Waals surface area contributed by atoms with Gasteiger partial charge in [-0.3, -0.25) is 0 Å². The van der Waals surface area contributed by atoms with E-state index >= 15 is 0 Å². The Morgan fingerprint density at radius 3 is 2.88 bits per heavy atom. The molecule has 0 bridgehead atoms. The number of anilines is 1. The maximum Gasteiger partial charge on any atom is 0.128 e. The minimum Gasteiger partial charge on any atom is -0.356 e. The number of aryl methyl sites for hydroxylation is 1. The lowest BCUT2D eigenvalue weighted by atomic mass is 10.2. The van der Waals surface area contributed by atoms with Gasteiger partial charge < -0.3 is 16.0 Å². The maximum absolute atomic E-state index is 5.52. The summed E-state index contributed by atoms with van der Waals surface area (Å²) in [5.74, 6) is 1.07. The van der Waals surface area contributed by atoms with Crippen LogP contribution in [0.2, 0.25) is 0 Å². The molecule has 0 fully saturated rings. The molecule has 17 heavy (non-hydrogen) atoms. The predicted molar refractivity (Wildman–Crippen MR) is 73.4 cm³/mol. The van der Waals surface area contributed by atoms with Crippen LogP contribution in [-0.2, 0) is 6.42 Å². The number of pyridine rings is 1. The summed E-state index contributed by atoms with van der Waals surface area (Å²) in [4.78, 5) is 6.96. The number of hydrogen-bond acceptors (Lipinski definition) is 4. The van der Waals surface area contributed by atoms with Crippen molar-refractivity contribution in [2.75, 3.05) is 38.1 Å². The average molecular weight is 236 g/mol. The molecule has 0 amide bonds. The summed E-state index contributed by atoms with van der Waals surface area (Å²) in [6, 6.07) is 6.23. The second-order valence-electron chi connectivity index (χ2n) is 4.06. The number of nitrogens with two attached hydrogens (primary N) is 1. The van der Waals surface area contributed by atoms with Crippen molar-refractivity contribution in [1.29, 1.82) is 0 Å². The van der Waals surface area contributed by atoms with Gasteiger partial charge in [-0.15, -0.1) is 0 Å². The second-order valence-corrected chi connectivity index (χ2v) is 4.06. The summed E-state index contributed by atoms with van der Waals surface area (Å²) < 4.78 is 0. The van der Waals surface area contributed by atoms with Crippen LogP contribution < -0.4 is 16.0 Å². The smallest absolute Gasteiger partial charge is 0.128 e. The normalized spacial score (nSPS) is 10.5. The van der Waals surface area contributed by atoms with Gasteiger partial charge in [0.05, 0.1) is 0 Å².